The molecule has 24 heavy (non-hydrogen) atoms. The van der Waals surface area contributed by atoms with Crippen LogP contribution in [0.4, 0.5) is 4.79 Å². The molecule has 1 aliphatic heterocycles. The van der Waals surface area contributed by atoms with E-state index in [2.05, 4.69) is 10.3 Å². The van der Waals surface area contributed by atoms with Crippen molar-refractivity contribution in [3.05, 3.63) is 23.9 Å². The summed E-state index contributed by atoms with van der Waals surface area (Å²) in [5, 5.41) is 2.90. The molecule has 3 rings (SSSR count). The number of methoxy groups -OCH3 is 1. The van der Waals surface area contributed by atoms with Crippen LogP contribution in [0.3, 0.4) is 0 Å². The van der Waals surface area contributed by atoms with Gasteiger partial charge in [0.15, 0.2) is 0 Å². The number of nitrogens with zero attached hydrogens (tertiary/aromatic N) is 2. The first-order valence-corrected chi connectivity index (χ1v) is 8.77. The molecule has 1 aromatic heterocycles. The maximum Gasteiger partial charge on any atom is 0.324 e. The number of urea groups is 1. The van der Waals surface area contributed by atoms with Gasteiger partial charge in [0.1, 0.15) is 0 Å². The summed E-state index contributed by atoms with van der Waals surface area (Å²) in [5.41, 5.74) is 1.00. The fourth-order valence-electron chi connectivity index (χ4n) is 3.76. The fourth-order valence-corrected chi connectivity index (χ4v) is 3.76. The molecule has 6 heteroatoms. The van der Waals surface area contributed by atoms with Crippen LogP contribution in [-0.2, 0) is 11.2 Å². The second-order valence-corrected chi connectivity index (χ2v) is 6.64. The molecule has 3 amide bonds. The Bertz CT molecular complexity index is 599. The van der Waals surface area contributed by atoms with Gasteiger partial charge >= 0.3 is 6.03 Å². The van der Waals surface area contributed by atoms with Crippen molar-refractivity contribution in [1.29, 1.82) is 0 Å². The minimum absolute atomic E-state index is 0.00771. The molecule has 1 aromatic rings. The first-order valence-electron chi connectivity index (χ1n) is 8.77. The predicted molar refractivity (Wildman–Crippen MR) is 89.7 cm³/mol. The van der Waals surface area contributed by atoms with E-state index in [0.29, 0.717) is 31.3 Å². The Balaban J connectivity index is 1.64. The van der Waals surface area contributed by atoms with Crippen LogP contribution in [0.2, 0.25) is 0 Å². The molecule has 1 saturated heterocycles. The van der Waals surface area contributed by atoms with Crippen LogP contribution in [0.15, 0.2) is 18.3 Å². The van der Waals surface area contributed by atoms with Crippen LogP contribution in [0, 0.1) is 11.8 Å². The van der Waals surface area contributed by atoms with Crippen LogP contribution in [0.1, 0.15) is 37.7 Å². The lowest BCUT2D eigenvalue weighted by Gasteiger charge is -2.37. The zero-order valence-electron chi connectivity index (χ0n) is 14.2. The van der Waals surface area contributed by atoms with E-state index in [0.717, 1.165) is 18.4 Å². The molecule has 1 aliphatic carbocycles. The highest BCUT2D eigenvalue weighted by atomic mass is 16.5. The van der Waals surface area contributed by atoms with Crippen LogP contribution >= 0.6 is 0 Å². The molecule has 2 aliphatic rings. The van der Waals surface area contributed by atoms with E-state index in [4.69, 9.17) is 4.74 Å². The van der Waals surface area contributed by atoms with E-state index in [9.17, 15) is 9.59 Å². The highest BCUT2D eigenvalue weighted by Gasteiger charge is 2.38. The van der Waals surface area contributed by atoms with Gasteiger partial charge in [0.05, 0.1) is 13.0 Å². The Morgan fingerprint density at radius 3 is 2.83 bits per heavy atom. The lowest BCUT2D eigenvalue weighted by Crippen LogP contribution is -2.57. The molecule has 0 bridgehead atoms. The number of ether oxygens (including phenoxy) is 1. The Hall–Kier alpha value is -2.11. The van der Waals surface area contributed by atoms with Crippen molar-refractivity contribution in [3.8, 4) is 5.88 Å². The number of carbonyl (C=O) groups is 2. The van der Waals surface area contributed by atoms with Gasteiger partial charge in [-0.15, -0.1) is 0 Å². The number of pyridine rings is 1. The third kappa shape index (κ3) is 3.68. The minimum Gasteiger partial charge on any atom is -0.481 e. The molecule has 0 radical (unpaired) electrons. The van der Waals surface area contributed by atoms with E-state index in [1.807, 2.05) is 12.1 Å². The molecule has 1 N–H and O–H groups in total. The van der Waals surface area contributed by atoms with Crippen molar-refractivity contribution in [1.82, 2.24) is 15.2 Å². The zero-order valence-corrected chi connectivity index (χ0v) is 14.2. The number of imide groups is 1. The third-order valence-corrected chi connectivity index (χ3v) is 5.15. The molecule has 2 heterocycles. The number of hydrogen-bond acceptors (Lipinski definition) is 4. The zero-order chi connectivity index (χ0) is 16.9. The highest BCUT2D eigenvalue weighted by molar-refractivity contribution is 5.98. The minimum atomic E-state index is -0.270. The number of aromatic nitrogens is 1. The largest absolute Gasteiger partial charge is 0.481 e. The SMILES string of the molecule is COc1cc(CCN2C(=O)NCC(C3CCCCC3)C2=O)ccn1. The van der Waals surface area contributed by atoms with Gasteiger partial charge in [-0.25, -0.2) is 9.78 Å². The first kappa shape index (κ1) is 16.7. The van der Waals surface area contributed by atoms with Gasteiger partial charge in [-0.3, -0.25) is 9.69 Å². The van der Waals surface area contributed by atoms with E-state index >= 15 is 0 Å². The maximum atomic E-state index is 12.8. The lowest BCUT2D eigenvalue weighted by atomic mass is 9.78. The summed E-state index contributed by atoms with van der Waals surface area (Å²) in [6, 6.07) is 3.45. The number of carbonyl (C=O) groups excluding carboxylic acids is 2. The molecule has 130 valence electrons. The van der Waals surface area contributed by atoms with Crippen molar-refractivity contribution in [2.45, 2.75) is 38.5 Å². The van der Waals surface area contributed by atoms with Crippen LogP contribution in [0.5, 0.6) is 5.88 Å². The number of hydrogen-bond donors (Lipinski definition) is 1. The average molecular weight is 331 g/mol. The van der Waals surface area contributed by atoms with Gasteiger partial charge in [0, 0.05) is 25.4 Å². The van der Waals surface area contributed by atoms with Crippen molar-refractivity contribution >= 4 is 11.9 Å². The molecular formula is C18H25N3O3. The smallest absolute Gasteiger partial charge is 0.324 e. The van der Waals surface area contributed by atoms with Crippen LogP contribution < -0.4 is 10.1 Å². The second-order valence-electron chi connectivity index (χ2n) is 6.64. The van der Waals surface area contributed by atoms with E-state index in [-0.39, 0.29) is 17.9 Å². The molecule has 1 atom stereocenters. The maximum absolute atomic E-state index is 12.8. The number of amides is 3. The van der Waals surface area contributed by atoms with Crippen LogP contribution in [-0.4, -0.2) is 42.0 Å². The molecule has 6 nitrogen and oxygen atoms in total. The summed E-state index contributed by atoms with van der Waals surface area (Å²) in [4.78, 5) is 30.4. The van der Waals surface area contributed by atoms with E-state index in [1.165, 1.54) is 24.2 Å². The Morgan fingerprint density at radius 2 is 2.08 bits per heavy atom. The fraction of sp³-hybridized carbons (Fsp3) is 0.611. The monoisotopic (exact) mass is 331 g/mol. The normalized spacial score (nSPS) is 22.4. The molecule has 1 saturated carbocycles. The quantitative estimate of drug-likeness (QED) is 0.899. The van der Waals surface area contributed by atoms with Gasteiger partial charge in [-0.1, -0.05) is 19.3 Å². The summed E-state index contributed by atoms with van der Waals surface area (Å²) in [6.07, 6.45) is 8.13. The topological polar surface area (TPSA) is 71.5 Å². The summed E-state index contributed by atoms with van der Waals surface area (Å²) < 4.78 is 5.11. The number of nitrogens with one attached hydrogen (secondary N) is 1. The molecule has 0 aromatic carbocycles. The Kier molecular flexibility index (Phi) is 5.33. The van der Waals surface area contributed by atoms with Gasteiger partial charge in [0.2, 0.25) is 11.8 Å². The van der Waals surface area contributed by atoms with E-state index < -0.39 is 0 Å². The van der Waals surface area contributed by atoms with Gasteiger partial charge in [-0.05, 0) is 36.8 Å². The predicted octanol–water partition coefficient (Wildman–Crippen LogP) is 2.38. The third-order valence-electron chi connectivity index (χ3n) is 5.15. The van der Waals surface area contributed by atoms with Gasteiger partial charge < -0.3 is 10.1 Å². The van der Waals surface area contributed by atoms with Gasteiger partial charge in [0.25, 0.3) is 0 Å². The average Bonchev–Trinajstić information content (AvgIpc) is 2.62. The molecule has 2 fully saturated rings. The highest BCUT2D eigenvalue weighted by Crippen LogP contribution is 2.32. The van der Waals surface area contributed by atoms with Crippen molar-refractivity contribution < 1.29 is 14.3 Å². The summed E-state index contributed by atoms with van der Waals surface area (Å²) >= 11 is 0. The number of rotatable bonds is 5. The summed E-state index contributed by atoms with van der Waals surface area (Å²) in [7, 11) is 1.57. The Labute approximate surface area is 142 Å². The lowest BCUT2D eigenvalue weighted by molar-refractivity contribution is -0.136. The summed E-state index contributed by atoms with van der Waals surface area (Å²) in [5.74, 6) is 0.888. The second kappa shape index (κ2) is 7.64. The van der Waals surface area contributed by atoms with Crippen molar-refractivity contribution in [2.24, 2.45) is 11.8 Å². The molecule has 1 unspecified atom stereocenters. The van der Waals surface area contributed by atoms with Crippen molar-refractivity contribution in [2.75, 3.05) is 20.2 Å². The molecule has 0 spiro atoms. The summed E-state index contributed by atoms with van der Waals surface area (Å²) in [6.45, 7) is 0.878. The standard InChI is InChI=1S/C18H25N3O3/c1-24-16-11-13(7-9-19-16)8-10-21-17(22)15(12-20-18(21)23)14-5-3-2-4-6-14/h7,9,11,14-15H,2-6,8,10,12H2,1H3,(H,20,23). The van der Waals surface area contributed by atoms with Crippen molar-refractivity contribution in [3.63, 3.8) is 0 Å². The molecular weight excluding hydrogens is 306 g/mol. The van der Waals surface area contributed by atoms with E-state index in [1.54, 1.807) is 13.3 Å². The van der Waals surface area contributed by atoms with Gasteiger partial charge in [-0.2, -0.15) is 0 Å². The van der Waals surface area contributed by atoms with Crippen LogP contribution in [0.25, 0.3) is 0 Å². The first-order chi connectivity index (χ1) is 11.7. The Morgan fingerprint density at radius 1 is 1.29 bits per heavy atom.